The number of imide groups is 1. The number of nitro groups is 1. The Hall–Kier alpha value is -3.36. The average molecular weight is 340 g/mol. The highest BCUT2D eigenvalue weighted by atomic mass is 16.6. The highest BCUT2D eigenvalue weighted by Gasteiger charge is 2.61. The van der Waals surface area contributed by atoms with Gasteiger partial charge in [0.2, 0.25) is 11.8 Å². The predicted octanol–water partition coefficient (Wildman–Crippen LogP) is 0.275. The molecule has 9 nitrogen and oxygen atoms in total. The van der Waals surface area contributed by atoms with Crippen molar-refractivity contribution in [1.82, 2.24) is 10.3 Å². The molecule has 0 radical (unpaired) electrons. The molecule has 3 heterocycles. The van der Waals surface area contributed by atoms with Crippen molar-refractivity contribution < 1.29 is 19.3 Å². The van der Waals surface area contributed by atoms with Crippen molar-refractivity contribution >= 4 is 29.5 Å². The fraction of sp³-hybridized carbons (Fsp3) is 0.250. The van der Waals surface area contributed by atoms with Crippen molar-refractivity contribution in [3.8, 4) is 0 Å². The summed E-state index contributed by atoms with van der Waals surface area (Å²) in [5.74, 6) is -2.99. The van der Waals surface area contributed by atoms with Gasteiger partial charge in [0.15, 0.2) is 5.78 Å². The molecule has 3 aliphatic rings. The Kier molecular flexibility index (Phi) is 3.24. The number of fused-ring (bicyclic) bond motifs is 3. The summed E-state index contributed by atoms with van der Waals surface area (Å²) < 4.78 is 0. The topological polar surface area (TPSA) is 122 Å². The van der Waals surface area contributed by atoms with E-state index in [0.717, 1.165) is 0 Å². The maximum Gasteiger partial charge on any atom is 0.270 e. The van der Waals surface area contributed by atoms with Crippen LogP contribution in [0.3, 0.4) is 0 Å². The maximum atomic E-state index is 13.0. The number of carbonyl (C=O) groups is 3. The first-order chi connectivity index (χ1) is 12.0. The van der Waals surface area contributed by atoms with E-state index in [0.29, 0.717) is 0 Å². The molecule has 1 N–H and O–H groups in total. The molecule has 9 heteroatoms. The summed E-state index contributed by atoms with van der Waals surface area (Å²) in [7, 11) is 0. The number of non-ortho nitro benzene ring substituents is 1. The monoisotopic (exact) mass is 340 g/mol. The van der Waals surface area contributed by atoms with E-state index in [1.165, 1.54) is 35.5 Å². The van der Waals surface area contributed by atoms with Gasteiger partial charge in [-0.05, 0) is 6.08 Å². The summed E-state index contributed by atoms with van der Waals surface area (Å²) in [6, 6.07) is 3.84. The molecular weight excluding hydrogens is 328 g/mol. The summed E-state index contributed by atoms with van der Waals surface area (Å²) >= 11 is 0. The normalized spacial score (nSPS) is 29.4. The van der Waals surface area contributed by atoms with E-state index in [1.54, 1.807) is 12.2 Å². The van der Waals surface area contributed by atoms with Crippen LogP contribution in [0.2, 0.25) is 0 Å². The molecule has 3 aliphatic heterocycles. The number of hydrogen-bond donors (Lipinski definition) is 1. The Labute approximate surface area is 141 Å². The van der Waals surface area contributed by atoms with E-state index >= 15 is 0 Å². The minimum Gasteiger partial charge on any atom is -0.296 e. The number of nitrogens with zero attached hydrogens (tertiary/aromatic N) is 3. The number of carbonyl (C=O) groups excluding carboxylic acids is 3. The lowest BCUT2D eigenvalue weighted by Gasteiger charge is -2.28. The first-order valence-corrected chi connectivity index (χ1v) is 7.61. The van der Waals surface area contributed by atoms with E-state index in [2.05, 4.69) is 10.4 Å². The molecule has 0 aromatic heterocycles. The molecule has 2 fully saturated rings. The Morgan fingerprint density at radius 1 is 1.24 bits per heavy atom. The van der Waals surface area contributed by atoms with Gasteiger partial charge in [-0.25, -0.2) is 0 Å². The molecule has 126 valence electrons. The largest absolute Gasteiger partial charge is 0.296 e. The van der Waals surface area contributed by atoms with Gasteiger partial charge >= 0.3 is 0 Å². The number of benzene rings is 1. The zero-order valence-corrected chi connectivity index (χ0v) is 12.7. The van der Waals surface area contributed by atoms with Crippen LogP contribution in [0.5, 0.6) is 0 Å². The smallest absolute Gasteiger partial charge is 0.270 e. The second-order valence-corrected chi connectivity index (χ2v) is 6.04. The van der Waals surface area contributed by atoms with E-state index in [9.17, 15) is 24.5 Å². The Morgan fingerprint density at radius 2 is 2.00 bits per heavy atom. The van der Waals surface area contributed by atoms with Crippen molar-refractivity contribution in [3.63, 3.8) is 0 Å². The molecule has 0 unspecified atom stereocenters. The first-order valence-electron chi connectivity index (χ1n) is 7.61. The lowest BCUT2D eigenvalue weighted by Crippen LogP contribution is -2.44. The van der Waals surface area contributed by atoms with Crippen LogP contribution in [0.25, 0.3) is 0 Å². The van der Waals surface area contributed by atoms with Gasteiger partial charge in [-0.2, -0.15) is 5.10 Å². The van der Waals surface area contributed by atoms with Crippen molar-refractivity contribution in [2.45, 2.75) is 12.1 Å². The zero-order valence-electron chi connectivity index (χ0n) is 12.7. The number of allylic oxidation sites excluding steroid dienone is 1. The molecular formula is C16H12N4O5. The number of hydrazone groups is 1. The summed E-state index contributed by atoms with van der Waals surface area (Å²) in [5, 5.41) is 18.8. The maximum absolute atomic E-state index is 13.0. The van der Waals surface area contributed by atoms with Crippen molar-refractivity contribution in [3.05, 3.63) is 52.1 Å². The third-order valence-corrected chi connectivity index (χ3v) is 4.74. The number of rotatable bonds is 3. The Balaban J connectivity index is 1.76. The molecule has 2 amide bonds. The minimum atomic E-state index is -0.982. The molecule has 25 heavy (non-hydrogen) atoms. The molecule has 4 rings (SSSR count). The summed E-state index contributed by atoms with van der Waals surface area (Å²) in [5.41, 5.74) is -0.110. The Bertz CT molecular complexity index is 877. The van der Waals surface area contributed by atoms with Gasteiger partial charge in [0.1, 0.15) is 6.04 Å². The number of nitro benzene ring substituents is 1. The second-order valence-electron chi connectivity index (χ2n) is 6.04. The quantitative estimate of drug-likeness (QED) is 0.365. The first kappa shape index (κ1) is 15.2. The summed E-state index contributed by atoms with van der Waals surface area (Å²) in [4.78, 5) is 47.7. The summed E-state index contributed by atoms with van der Waals surface area (Å²) in [6.07, 6.45) is 4.87. The van der Waals surface area contributed by atoms with Crippen molar-refractivity contribution in [2.75, 3.05) is 0 Å². The highest BCUT2D eigenvalue weighted by molar-refractivity contribution is 6.12. The van der Waals surface area contributed by atoms with Crippen molar-refractivity contribution in [2.24, 2.45) is 16.9 Å². The van der Waals surface area contributed by atoms with E-state index in [-0.39, 0.29) is 11.3 Å². The van der Waals surface area contributed by atoms with E-state index < -0.39 is 46.4 Å². The lowest BCUT2D eigenvalue weighted by atomic mass is 9.86. The fourth-order valence-electron chi connectivity index (χ4n) is 3.70. The molecule has 0 spiro atoms. The minimum absolute atomic E-state index is 0.107. The van der Waals surface area contributed by atoms with Crippen LogP contribution in [0.15, 0.2) is 41.5 Å². The van der Waals surface area contributed by atoms with Gasteiger partial charge in [-0.15, -0.1) is 0 Å². The van der Waals surface area contributed by atoms with Crippen LogP contribution in [0.4, 0.5) is 5.69 Å². The SMILES string of the molecule is O=C1NC(=O)[C@H]2[C@@H]1[C@@H]1C=CC=NN1[C@H]2C(=O)c1cccc([N+](=O)[O-])c1. The fourth-order valence-corrected chi connectivity index (χ4v) is 3.70. The van der Waals surface area contributed by atoms with Gasteiger partial charge in [0, 0.05) is 23.9 Å². The lowest BCUT2D eigenvalue weighted by molar-refractivity contribution is -0.384. The molecule has 1 aromatic carbocycles. The van der Waals surface area contributed by atoms with Crippen LogP contribution in [-0.2, 0) is 9.59 Å². The molecule has 2 saturated heterocycles. The third kappa shape index (κ3) is 2.16. The van der Waals surface area contributed by atoms with Crippen LogP contribution < -0.4 is 5.32 Å². The standard InChI is InChI=1S/C16H12N4O5/c21-14(8-3-1-4-9(7-8)20(24)25)13-12-11(15(22)18-16(12)23)10-5-2-6-17-19(10)13/h1-7,10-13H,(H,18,22,23)/t10-,11-,12-,13+/m0/s1. The van der Waals surface area contributed by atoms with Crippen LogP contribution in [0.1, 0.15) is 10.4 Å². The van der Waals surface area contributed by atoms with Crippen LogP contribution >= 0.6 is 0 Å². The highest BCUT2D eigenvalue weighted by Crippen LogP contribution is 2.42. The summed E-state index contributed by atoms with van der Waals surface area (Å²) in [6.45, 7) is 0. The van der Waals surface area contributed by atoms with Gasteiger partial charge in [0.25, 0.3) is 5.69 Å². The number of amides is 2. The molecule has 0 bridgehead atoms. The predicted molar refractivity (Wildman–Crippen MR) is 84.6 cm³/mol. The van der Waals surface area contributed by atoms with Gasteiger partial charge < -0.3 is 0 Å². The molecule has 4 atom stereocenters. The van der Waals surface area contributed by atoms with Crippen LogP contribution in [-0.4, -0.2) is 45.8 Å². The molecule has 1 aromatic rings. The zero-order chi connectivity index (χ0) is 17.7. The Morgan fingerprint density at radius 3 is 2.76 bits per heavy atom. The average Bonchev–Trinajstić information content (AvgIpc) is 3.10. The number of nitrogens with one attached hydrogen (secondary N) is 1. The van der Waals surface area contributed by atoms with Crippen LogP contribution in [0, 0.1) is 22.0 Å². The number of hydrogen-bond acceptors (Lipinski definition) is 7. The molecule has 0 saturated carbocycles. The third-order valence-electron chi connectivity index (χ3n) is 4.74. The number of Topliss-reactive ketones (excluding diaryl/α,β-unsaturated/α-hetero) is 1. The van der Waals surface area contributed by atoms with E-state index in [4.69, 9.17) is 0 Å². The second kappa shape index (κ2) is 5.33. The van der Waals surface area contributed by atoms with Crippen molar-refractivity contribution in [1.29, 1.82) is 0 Å². The van der Waals surface area contributed by atoms with Gasteiger partial charge in [-0.3, -0.25) is 34.8 Å². The number of ketones is 1. The molecule has 0 aliphatic carbocycles. The van der Waals surface area contributed by atoms with E-state index in [1.807, 2.05) is 0 Å². The van der Waals surface area contributed by atoms with Gasteiger partial charge in [0.05, 0.1) is 22.8 Å². The van der Waals surface area contributed by atoms with Gasteiger partial charge in [-0.1, -0.05) is 18.2 Å².